The first kappa shape index (κ1) is 26.6. The van der Waals surface area contributed by atoms with Gasteiger partial charge in [-0.15, -0.1) is 0 Å². The number of aromatic nitrogens is 1. The summed E-state index contributed by atoms with van der Waals surface area (Å²) in [6.07, 6.45) is 0.117. The van der Waals surface area contributed by atoms with E-state index in [-0.39, 0.29) is 30.7 Å². The highest BCUT2D eigenvalue weighted by molar-refractivity contribution is 6.04. The van der Waals surface area contributed by atoms with Gasteiger partial charge in [-0.25, -0.2) is 0 Å². The Kier molecular flexibility index (Phi) is 7.54. The van der Waals surface area contributed by atoms with Crippen LogP contribution in [0.15, 0.2) is 84.9 Å². The zero-order valence-corrected chi connectivity index (χ0v) is 22.5. The number of nitrogens with zero attached hydrogens (tertiary/aromatic N) is 2. The SMILES string of the molecule is COc1ccc(Oc2ccc(N3C[C@@H](C(=O)Nc4ccc(C(=O)Nn5c(C)ccc5C)cc4)CC3=O)cc2)cc1. The van der Waals surface area contributed by atoms with Crippen molar-refractivity contribution >= 4 is 29.1 Å². The quantitative estimate of drug-likeness (QED) is 0.318. The number of hydrogen-bond acceptors (Lipinski definition) is 5. The molecule has 0 unspecified atom stereocenters. The third-order valence-corrected chi connectivity index (χ3v) is 6.84. The molecule has 4 aromatic rings. The van der Waals surface area contributed by atoms with Gasteiger partial charge in [-0.2, -0.15) is 0 Å². The lowest BCUT2D eigenvalue weighted by molar-refractivity contribution is -0.122. The van der Waals surface area contributed by atoms with E-state index in [4.69, 9.17) is 9.47 Å². The lowest BCUT2D eigenvalue weighted by Crippen LogP contribution is -2.28. The Morgan fingerprint density at radius 2 is 1.38 bits per heavy atom. The summed E-state index contributed by atoms with van der Waals surface area (Å²) in [5.74, 6) is 0.931. The van der Waals surface area contributed by atoms with E-state index in [1.54, 1.807) is 65.2 Å². The number of carbonyl (C=O) groups is 3. The van der Waals surface area contributed by atoms with Crippen molar-refractivity contribution in [2.75, 3.05) is 29.3 Å². The van der Waals surface area contributed by atoms with E-state index in [2.05, 4.69) is 10.7 Å². The maximum absolute atomic E-state index is 12.9. The van der Waals surface area contributed by atoms with Crippen LogP contribution in [0.3, 0.4) is 0 Å². The van der Waals surface area contributed by atoms with Crippen molar-refractivity contribution < 1.29 is 23.9 Å². The molecule has 40 heavy (non-hydrogen) atoms. The molecular formula is C31H30N4O5. The molecule has 2 N–H and O–H groups in total. The molecule has 9 heteroatoms. The van der Waals surface area contributed by atoms with Crippen molar-refractivity contribution in [1.29, 1.82) is 0 Å². The third-order valence-electron chi connectivity index (χ3n) is 6.84. The fourth-order valence-corrected chi connectivity index (χ4v) is 4.57. The van der Waals surface area contributed by atoms with Crippen LogP contribution in [0.2, 0.25) is 0 Å². The minimum atomic E-state index is -0.495. The predicted octanol–water partition coefficient (Wildman–Crippen LogP) is 5.28. The summed E-state index contributed by atoms with van der Waals surface area (Å²) in [4.78, 5) is 39.9. The molecule has 0 saturated carbocycles. The van der Waals surface area contributed by atoms with Crippen LogP contribution >= 0.6 is 0 Å². The number of ether oxygens (including phenoxy) is 2. The Morgan fingerprint density at radius 3 is 1.98 bits per heavy atom. The second-order valence-electron chi connectivity index (χ2n) is 9.64. The van der Waals surface area contributed by atoms with Gasteiger partial charge in [-0.3, -0.25) is 24.5 Å². The number of anilines is 2. The Bertz CT molecular complexity index is 1510. The van der Waals surface area contributed by atoms with Gasteiger partial charge in [0.05, 0.1) is 13.0 Å². The summed E-state index contributed by atoms with van der Waals surface area (Å²) in [6.45, 7) is 4.10. The molecule has 5 rings (SSSR count). The zero-order valence-electron chi connectivity index (χ0n) is 22.5. The maximum Gasteiger partial charge on any atom is 0.270 e. The number of hydrogen-bond donors (Lipinski definition) is 2. The Labute approximate surface area is 232 Å². The van der Waals surface area contributed by atoms with Crippen molar-refractivity contribution in [2.45, 2.75) is 20.3 Å². The van der Waals surface area contributed by atoms with E-state index in [1.807, 2.05) is 50.2 Å². The van der Waals surface area contributed by atoms with Crippen LogP contribution < -0.4 is 25.1 Å². The van der Waals surface area contributed by atoms with E-state index < -0.39 is 5.92 Å². The highest BCUT2D eigenvalue weighted by Gasteiger charge is 2.35. The minimum absolute atomic E-state index is 0.117. The van der Waals surface area contributed by atoms with Crippen LogP contribution in [0.4, 0.5) is 11.4 Å². The Morgan fingerprint density at radius 1 is 0.800 bits per heavy atom. The molecule has 2 heterocycles. The standard InChI is InChI=1S/C31H30N4O5/c1-20-4-5-21(2)35(20)33-31(38)22-6-8-24(9-7-22)32-30(37)23-18-29(36)34(19-23)25-10-12-27(13-11-25)40-28-16-14-26(39-3)15-17-28/h4-17,23H,18-19H2,1-3H3,(H,32,37)(H,33,38)/t23-/m0/s1. The van der Waals surface area contributed by atoms with Crippen LogP contribution in [0.5, 0.6) is 17.2 Å². The van der Waals surface area contributed by atoms with Gasteiger partial charge in [0.25, 0.3) is 5.91 Å². The average Bonchev–Trinajstić information content (AvgIpc) is 3.51. The van der Waals surface area contributed by atoms with E-state index >= 15 is 0 Å². The summed E-state index contributed by atoms with van der Waals surface area (Å²) in [6, 6.07) is 25.0. The number of aryl methyl sites for hydroxylation is 2. The van der Waals surface area contributed by atoms with Gasteiger partial charge in [0.1, 0.15) is 17.2 Å². The van der Waals surface area contributed by atoms with E-state index in [0.29, 0.717) is 28.4 Å². The molecule has 1 aromatic heterocycles. The van der Waals surface area contributed by atoms with Crippen molar-refractivity contribution in [3.63, 3.8) is 0 Å². The molecule has 9 nitrogen and oxygen atoms in total. The summed E-state index contributed by atoms with van der Waals surface area (Å²) >= 11 is 0. The molecule has 1 saturated heterocycles. The summed E-state index contributed by atoms with van der Waals surface area (Å²) in [5.41, 5.74) is 6.43. The molecule has 1 fully saturated rings. The number of nitrogens with one attached hydrogen (secondary N) is 2. The van der Waals surface area contributed by atoms with Crippen LogP contribution in [0, 0.1) is 19.8 Å². The maximum atomic E-state index is 12.9. The number of rotatable bonds is 8. The molecule has 1 atom stereocenters. The monoisotopic (exact) mass is 538 g/mol. The topological polar surface area (TPSA) is 102 Å². The summed E-state index contributed by atoms with van der Waals surface area (Å²) < 4.78 is 12.7. The van der Waals surface area contributed by atoms with Crippen LogP contribution in [0.1, 0.15) is 28.2 Å². The fourth-order valence-electron chi connectivity index (χ4n) is 4.57. The number of benzene rings is 3. The summed E-state index contributed by atoms with van der Waals surface area (Å²) in [5, 5.41) is 2.87. The van der Waals surface area contributed by atoms with Gasteiger partial charge in [0.2, 0.25) is 11.8 Å². The van der Waals surface area contributed by atoms with Crippen LogP contribution in [-0.4, -0.2) is 36.1 Å². The van der Waals surface area contributed by atoms with Gasteiger partial charge >= 0.3 is 0 Å². The minimum Gasteiger partial charge on any atom is -0.497 e. The molecule has 3 amide bonds. The fraction of sp³-hybridized carbons (Fsp3) is 0.194. The van der Waals surface area contributed by atoms with Gasteiger partial charge in [-0.05, 0) is 98.8 Å². The van der Waals surface area contributed by atoms with E-state index in [0.717, 1.165) is 17.1 Å². The average molecular weight is 539 g/mol. The third kappa shape index (κ3) is 5.83. The molecule has 0 bridgehead atoms. The predicted molar refractivity (Wildman–Crippen MR) is 153 cm³/mol. The molecule has 3 aromatic carbocycles. The van der Waals surface area contributed by atoms with Crippen LogP contribution in [-0.2, 0) is 9.59 Å². The van der Waals surface area contributed by atoms with Crippen LogP contribution in [0.25, 0.3) is 0 Å². The zero-order chi connectivity index (χ0) is 28.2. The highest BCUT2D eigenvalue weighted by atomic mass is 16.5. The van der Waals surface area contributed by atoms with Crippen molar-refractivity contribution in [3.05, 3.63) is 102 Å². The smallest absolute Gasteiger partial charge is 0.270 e. The molecule has 1 aliphatic heterocycles. The lowest BCUT2D eigenvalue weighted by atomic mass is 10.1. The Hall–Kier alpha value is -5.05. The second-order valence-corrected chi connectivity index (χ2v) is 9.64. The first-order valence-electron chi connectivity index (χ1n) is 12.9. The molecule has 204 valence electrons. The van der Waals surface area contributed by atoms with Gasteiger partial charge in [0.15, 0.2) is 0 Å². The van der Waals surface area contributed by atoms with E-state index in [9.17, 15) is 14.4 Å². The molecule has 0 aliphatic carbocycles. The largest absolute Gasteiger partial charge is 0.497 e. The summed E-state index contributed by atoms with van der Waals surface area (Å²) in [7, 11) is 1.61. The first-order valence-corrected chi connectivity index (χ1v) is 12.9. The van der Waals surface area contributed by atoms with Crippen molar-refractivity contribution in [1.82, 2.24) is 4.68 Å². The molecular weight excluding hydrogens is 508 g/mol. The van der Waals surface area contributed by atoms with Gasteiger partial charge < -0.3 is 19.7 Å². The second kappa shape index (κ2) is 11.4. The first-order chi connectivity index (χ1) is 19.3. The van der Waals surface area contributed by atoms with Gasteiger partial charge in [0, 0.05) is 41.3 Å². The van der Waals surface area contributed by atoms with E-state index in [1.165, 1.54) is 0 Å². The van der Waals surface area contributed by atoms with Gasteiger partial charge in [-0.1, -0.05) is 0 Å². The Balaban J connectivity index is 1.16. The highest BCUT2D eigenvalue weighted by Crippen LogP contribution is 2.30. The molecule has 0 spiro atoms. The molecule has 1 aliphatic rings. The normalized spacial score (nSPS) is 14.6. The number of carbonyl (C=O) groups excluding carboxylic acids is 3. The van der Waals surface area contributed by atoms with Crippen molar-refractivity contribution in [2.24, 2.45) is 5.92 Å². The lowest BCUT2D eigenvalue weighted by Gasteiger charge is -2.17. The number of methoxy groups -OCH3 is 1. The number of amides is 3. The molecule has 0 radical (unpaired) electrons. The van der Waals surface area contributed by atoms with Crippen molar-refractivity contribution in [3.8, 4) is 17.2 Å².